The fourth-order valence-electron chi connectivity index (χ4n) is 5.32. The Hall–Kier alpha value is -3.42. The van der Waals surface area contributed by atoms with Crippen LogP contribution in [0.4, 0.5) is 0 Å². The lowest BCUT2D eigenvalue weighted by atomic mass is 9.81. The molecule has 0 spiro atoms. The largest absolute Gasteiger partial charge is 0.480 e. The predicted octanol–water partition coefficient (Wildman–Crippen LogP) is 4.99. The van der Waals surface area contributed by atoms with Crippen LogP contribution in [0.5, 0.6) is 0 Å². The average molecular weight is 537 g/mol. The molecule has 0 radical (unpaired) electrons. The number of nitrogens with one attached hydrogen (secondary N) is 2. The molecule has 1 aliphatic carbocycles. The van der Waals surface area contributed by atoms with Gasteiger partial charge in [-0.15, -0.1) is 0 Å². The summed E-state index contributed by atoms with van der Waals surface area (Å²) in [5, 5.41) is 13.1. The summed E-state index contributed by atoms with van der Waals surface area (Å²) in [4.78, 5) is 40.8. The third-order valence-corrected chi connectivity index (χ3v) is 7.82. The summed E-state index contributed by atoms with van der Waals surface area (Å²) in [7, 11) is 1.60. The van der Waals surface area contributed by atoms with E-state index >= 15 is 0 Å². The highest BCUT2D eigenvalue weighted by molar-refractivity contribution is 6.31. The Kier molecular flexibility index (Phi) is 9.02. The molecule has 1 fully saturated rings. The highest BCUT2D eigenvalue weighted by atomic mass is 35.5. The van der Waals surface area contributed by atoms with Crippen LogP contribution in [0.25, 0.3) is 11.1 Å². The molecule has 1 saturated carbocycles. The lowest BCUT2D eigenvalue weighted by molar-refractivity contribution is -0.144. The molecule has 2 aromatic carbocycles. The first-order chi connectivity index (χ1) is 18.3. The molecule has 7 nitrogen and oxygen atoms in total. The maximum atomic E-state index is 13.2. The van der Waals surface area contributed by atoms with Gasteiger partial charge in [-0.3, -0.25) is 9.59 Å². The second-order valence-electron chi connectivity index (χ2n) is 9.98. The zero-order chi connectivity index (χ0) is 27.1. The SMILES string of the molecule is COCCC1(C(=O)N[C@@H](Cc2ccc(-c3c(Cc4ccccc4)c(Cl)c[nH]c3=O)cc2)C(=O)O)CCCC1. The summed E-state index contributed by atoms with van der Waals surface area (Å²) in [6.45, 7) is 0.460. The van der Waals surface area contributed by atoms with Gasteiger partial charge in [0.1, 0.15) is 6.04 Å². The topological polar surface area (TPSA) is 108 Å². The fourth-order valence-corrected chi connectivity index (χ4v) is 5.53. The molecule has 1 aromatic heterocycles. The molecule has 0 saturated heterocycles. The van der Waals surface area contributed by atoms with Crippen molar-refractivity contribution in [2.24, 2.45) is 5.41 Å². The maximum absolute atomic E-state index is 13.2. The van der Waals surface area contributed by atoms with E-state index in [2.05, 4.69) is 10.3 Å². The quantitative estimate of drug-likeness (QED) is 0.320. The van der Waals surface area contributed by atoms with Gasteiger partial charge in [0.15, 0.2) is 0 Å². The van der Waals surface area contributed by atoms with Gasteiger partial charge in [-0.25, -0.2) is 4.79 Å². The minimum absolute atomic E-state index is 0.129. The number of carbonyl (C=O) groups excluding carboxylic acids is 1. The number of ether oxygens (including phenoxy) is 1. The molecule has 200 valence electrons. The molecule has 0 bridgehead atoms. The summed E-state index contributed by atoms with van der Waals surface area (Å²) in [6, 6.07) is 15.9. The number of benzene rings is 2. The molecule has 1 heterocycles. The normalized spacial score (nSPS) is 15.2. The Morgan fingerprint density at radius 3 is 2.39 bits per heavy atom. The smallest absolute Gasteiger partial charge is 0.326 e. The first-order valence-corrected chi connectivity index (χ1v) is 13.3. The van der Waals surface area contributed by atoms with Crippen molar-refractivity contribution in [3.63, 3.8) is 0 Å². The van der Waals surface area contributed by atoms with Gasteiger partial charge in [-0.1, -0.05) is 79.0 Å². The second-order valence-corrected chi connectivity index (χ2v) is 10.4. The molecule has 3 N–H and O–H groups in total. The van der Waals surface area contributed by atoms with Crippen molar-refractivity contribution in [1.82, 2.24) is 10.3 Å². The first-order valence-electron chi connectivity index (χ1n) is 12.9. The molecule has 3 aromatic rings. The first kappa shape index (κ1) is 27.6. The third kappa shape index (κ3) is 6.34. The van der Waals surface area contributed by atoms with Crippen LogP contribution in [0, 0.1) is 5.41 Å². The van der Waals surface area contributed by atoms with Crippen LogP contribution < -0.4 is 10.9 Å². The van der Waals surface area contributed by atoms with Gasteiger partial charge < -0.3 is 20.1 Å². The number of methoxy groups -OCH3 is 1. The minimum atomic E-state index is -1.08. The molecule has 8 heteroatoms. The summed E-state index contributed by atoms with van der Waals surface area (Å²) in [5.41, 5.74) is 2.84. The lowest BCUT2D eigenvalue weighted by Crippen LogP contribution is -2.49. The molecule has 0 aliphatic heterocycles. The maximum Gasteiger partial charge on any atom is 0.326 e. The van der Waals surface area contributed by atoms with Crippen molar-refractivity contribution >= 4 is 23.5 Å². The Balaban J connectivity index is 1.54. The molecule has 1 aliphatic rings. The monoisotopic (exact) mass is 536 g/mol. The van der Waals surface area contributed by atoms with E-state index in [9.17, 15) is 19.5 Å². The van der Waals surface area contributed by atoms with Crippen LogP contribution in [0.3, 0.4) is 0 Å². The number of aliphatic carboxylic acids is 1. The van der Waals surface area contributed by atoms with E-state index in [4.69, 9.17) is 16.3 Å². The zero-order valence-electron chi connectivity index (χ0n) is 21.5. The highest BCUT2D eigenvalue weighted by Crippen LogP contribution is 2.41. The van der Waals surface area contributed by atoms with Gasteiger partial charge in [0.25, 0.3) is 5.56 Å². The molecule has 4 rings (SSSR count). The van der Waals surface area contributed by atoms with E-state index in [1.165, 1.54) is 6.20 Å². The molecule has 1 amide bonds. The van der Waals surface area contributed by atoms with Crippen molar-refractivity contribution in [2.75, 3.05) is 13.7 Å². The van der Waals surface area contributed by atoms with E-state index < -0.39 is 17.4 Å². The predicted molar refractivity (Wildman–Crippen MR) is 147 cm³/mol. The molecule has 1 atom stereocenters. The van der Waals surface area contributed by atoms with E-state index in [0.717, 1.165) is 42.4 Å². The number of hydrogen-bond donors (Lipinski definition) is 3. The van der Waals surface area contributed by atoms with E-state index in [1.54, 1.807) is 31.4 Å². The third-order valence-electron chi connectivity index (χ3n) is 7.48. The molecular weight excluding hydrogens is 504 g/mol. The second kappa shape index (κ2) is 12.4. The van der Waals surface area contributed by atoms with Crippen molar-refractivity contribution in [1.29, 1.82) is 0 Å². The number of carboxylic acid groups (broad SMARTS) is 1. The number of carboxylic acids is 1. The Labute approximate surface area is 227 Å². The number of H-pyrrole nitrogens is 1. The van der Waals surface area contributed by atoms with Crippen LogP contribution >= 0.6 is 11.6 Å². The van der Waals surface area contributed by atoms with Gasteiger partial charge in [-0.2, -0.15) is 0 Å². The van der Waals surface area contributed by atoms with Crippen molar-refractivity contribution in [2.45, 2.75) is 51.0 Å². The summed E-state index contributed by atoms with van der Waals surface area (Å²) < 4.78 is 5.20. The number of halogens is 1. The average Bonchev–Trinajstić information content (AvgIpc) is 3.41. The van der Waals surface area contributed by atoms with Gasteiger partial charge in [0, 0.05) is 26.3 Å². The van der Waals surface area contributed by atoms with Gasteiger partial charge in [0.05, 0.1) is 16.0 Å². The number of carbonyl (C=O) groups is 2. The Morgan fingerprint density at radius 1 is 1.08 bits per heavy atom. The van der Waals surface area contributed by atoms with Gasteiger partial charge in [-0.05, 0) is 47.9 Å². The summed E-state index contributed by atoms with van der Waals surface area (Å²) >= 11 is 6.50. The standard InChI is InChI=1S/C30H33ClN2O5/c1-38-16-15-30(13-5-6-14-30)29(37)33-25(28(35)36)18-21-9-11-22(12-10-21)26-23(24(31)19-32-27(26)34)17-20-7-3-2-4-8-20/h2-4,7-12,19,25H,5-6,13-18H2,1H3,(H,32,34)(H,33,37)(H,35,36)/t25-/m0/s1. The molecule has 0 unspecified atom stereocenters. The number of hydrogen-bond acceptors (Lipinski definition) is 4. The van der Waals surface area contributed by atoms with Crippen LogP contribution in [0.1, 0.15) is 48.8 Å². The zero-order valence-corrected chi connectivity index (χ0v) is 22.2. The van der Waals surface area contributed by atoms with E-state index in [0.29, 0.717) is 35.6 Å². The fraction of sp³-hybridized carbons (Fsp3) is 0.367. The Morgan fingerprint density at radius 2 is 1.76 bits per heavy atom. The number of aromatic amines is 1. The van der Waals surface area contributed by atoms with Crippen LogP contribution in [-0.4, -0.2) is 41.7 Å². The van der Waals surface area contributed by atoms with Crippen molar-refractivity contribution < 1.29 is 19.4 Å². The molecular formula is C30H33ClN2O5. The highest BCUT2D eigenvalue weighted by Gasteiger charge is 2.42. The van der Waals surface area contributed by atoms with Gasteiger partial charge >= 0.3 is 5.97 Å². The van der Waals surface area contributed by atoms with Crippen LogP contribution in [0.2, 0.25) is 5.02 Å². The van der Waals surface area contributed by atoms with E-state index in [-0.39, 0.29) is 17.9 Å². The van der Waals surface area contributed by atoms with Crippen LogP contribution in [-0.2, 0) is 27.2 Å². The number of rotatable bonds is 11. The van der Waals surface area contributed by atoms with Gasteiger partial charge in [0.2, 0.25) is 5.91 Å². The summed E-state index contributed by atoms with van der Waals surface area (Å²) in [5.74, 6) is -1.30. The summed E-state index contributed by atoms with van der Waals surface area (Å²) in [6.07, 6.45) is 6.09. The minimum Gasteiger partial charge on any atom is -0.480 e. The number of aromatic nitrogens is 1. The lowest BCUT2D eigenvalue weighted by Gasteiger charge is -2.29. The Bertz CT molecular complexity index is 1310. The van der Waals surface area contributed by atoms with Crippen LogP contribution in [0.15, 0.2) is 65.6 Å². The van der Waals surface area contributed by atoms with Crippen molar-refractivity contribution in [3.05, 3.63) is 92.9 Å². The number of pyridine rings is 1. The van der Waals surface area contributed by atoms with Crippen molar-refractivity contribution in [3.8, 4) is 11.1 Å². The molecule has 38 heavy (non-hydrogen) atoms. The number of amides is 1. The van der Waals surface area contributed by atoms with E-state index in [1.807, 2.05) is 30.3 Å².